The molecule has 0 aliphatic heterocycles. The zero-order valence-corrected chi connectivity index (χ0v) is 9.62. The molecule has 0 fully saturated rings. The normalized spacial score (nSPS) is 12.5. The Hall–Kier alpha value is -1.06. The Morgan fingerprint density at radius 3 is 2.27 bits per heavy atom. The van der Waals surface area contributed by atoms with Crippen LogP contribution in [0.15, 0.2) is 18.2 Å². The molecule has 1 aromatic rings. The van der Waals surface area contributed by atoms with Gasteiger partial charge in [-0.2, -0.15) is 0 Å². The zero-order valence-electron chi connectivity index (χ0n) is 9.62. The third-order valence-electron chi connectivity index (χ3n) is 2.23. The molecule has 0 heterocycles. The van der Waals surface area contributed by atoms with Crippen molar-refractivity contribution in [2.24, 2.45) is 5.73 Å². The van der Waals surface area contributed by atoms with E-state index in [9.17, 15) is 0 Å². The number of nitrogens with two attached hydrogens (primary N) is 1. The van der Waals surface area contributed by atoms with Crippen LogP contribution in [0.5, 0.6) is 5.75 Å². The highest BCUT2D eigenvalue weighted by atomic mass is 16.5. The molecule has 1 rings (SSSR count). The highest BCUT2D eigenvalue weighted by molar-refractivity contribution is 5.32. The van der Waals surface area contributed by atoms with Crippen LogP contribution in [0.1, 0.15) is 11.1 Å². The molecule has 0 bridgehead atoms. The van der Waals surface area contributed by atoms with E-state index >= 15 is 0 Å². The number of methoxy groups -OCH3 is 1. The molecule has 0 saturated heterocycles. The first-order chi connectivity index (χ1) is 7.15. The highest BCUT2D eigenvalue weighted by Gasteiger charge is 2.05. The first-order valence-corrected chi connectivity index (χ1v) is 5.09. The van der Waals surface area contributed by atoms with Crippen molar-refractivity contribution in [2.45, 2.75) is 20.0 Å². The van der Waals surface area contributed by atoms with E-state index in [1.807, 2.05) is 12.1 Å². The molecular formula is C12H19NO2. The summed E-state index contributed by atoms with van der Waals surface area (Å²) in [5.74, 6) is 0.878. The summed E-state index contributed by atoms with van der Waals surface area (Å²) in [7, 11) is 1.64. The van der Waals surface area contributed by atoms with Gasteiger partial charge in [0.05, 0.1) is 0 Å². The molecule has 2 N–H and O–H groups in total. The Morgan fingerprint density at radius 2 is 1.80 bits per heavy atom. The summed E-state index contributed by atoms with van der Waals surface area (Å²) >= 11 is 0. The topological polar surface area (TPSA) is 44.5 Å². The van der Waals surface area contributed by atoms with Crippen LogP contribution in [0, 0.1) is 13.8 Å². The number of aryl methyl sites for hydroxylation is 2. The minimum absolute atomic E-state index is 0.0363. The van der Waals surface area contributed by atoms with E-state index in [0.717, 1.165) is 5.75 Å². The number of hydrogen-bond acceptors (Lipinski definition) is 3. The van der Waals surface area contributed by atoms with Gasteiger partial charge in [-0.05, 0) is 37.1 Å². The van der Waals surface area contributed by atoms with Gasteiger partial charge in [-0.25, -0.2) is 0 Å². The molecule has 1 atom stereocenters. The SMILES string of the molecule is COC(CN)COc1cc(C)cc(C)c1. The molecule has 3 nitrogen and oxygen atoms in total. The van der Waals surface area contributed by atoms with Gasteiger partial charge < -0.3 is 15.2 Å². The second kappa shape index (κ2) is 5.73. The number of benzene rings is 1. The molecule has 84 valence electrons. The molecule has 0 aliphatic rings. The molecule has 15 heavy (non-hydrogen) atoms. The van der Waals surface area contributed by atoms with Crippen LogP contribution in [-0.4, -0.2) is 26.4 Å². The van der Waals surface area contributed by atoms with Crippen LogP contribution in [0.4, 0.5) is 0 Å². The minimum Gasteiger partial charge on any atom is -0.491 e. The summed E-state index contributed by atoms with van der Waals surface area (Å²) in [4.78, 5) is 0. The maximum absolute atomic E-state index is 5.61. The lowest BCUT2D eigenvalue weighted by atomic mass is 10.1. The van der Waals surface area contributed by atoms with Crippen LogP contribution >= 0.6 is 0 Å². The first-order valence-electron chi connectivity index (χ1n) is 5.09. The fraction of sp³-hybridized carbons (Fsp3) is 0.500. The van der Waals surface area contributed by atoms with Gasteiger partial charge in [-0.15, -0.1) is 0 Å². The standard InChI is InChI=1S/C12H19NO2/c1-9-4-10(2)6-11(5-9)15-8-12(7-13)14-3/h4-6,12H,7-8,13H2,1-3H3. The van der Waals surface area contributed by atoms with E-state index in [1.54, 1.807) is 7.11 Å². The van der Waals surface area contributed by atoms with E-state index < -0.39 is 0 Å². The average molecular weight is 209 g/mol. The molecular weight excluding hydrogens is 190 g/mol. The van der Waals surface area contributed by atoms with Gasteiger partial charge >= 0.3 is 0 Å². The molecule has 1 aromatic carbocycles. The second-order valence-corrected chi connectivity index (χ2v) is 3.73. The summed E-state index contributed by atoms with van der Waals surface area (Å²) in [5.41, 5.74) is 7.90. The van der Waals surface area contributed by atoms with Crippen molar-refractivity contribution in [3.63, 3.8) is 0 Å². The van der Waals surface area contributed by atoms with Crippen molar-refractivity contribution < 1.29 is 9.47 Å². The molecule has 1 unspecified atom stereocenters. The smallest absolute Gasteiger partial charge is 0.119 e. The Balaban J connectivity index is 2.57. The Morgan fingerprint density at radius 1 is 1.20 bits per heavy atom. The van der Waals surface area contributed by atoms with E-state index in [-0.39, 0.29) is 6.10 Å². The number of hydrogen-bond donors (Lipinski definition) is 1. The minimum atomic E-state index is -0.0363. The van der Waals surface area contributed by atoms with Crippen molar-refractivity contribution in [3.8, 4) is 5.75 Å². The third kappa shape index (κ3) is 3.90. The Kier molecular flexibility index (Phi) is 4.59. The van der Waals surface area contributed by atoms with Gasteiger partial charge in [0, 0.05) is 13.7 Å². The van der Waals surface area contributed by atoms with Crippen LogP contribution in [0.25, 0.3) is 0 Å². The third-order valence-corrected chi connectivity index (χ3v) is 2.23. The van der Waals surface area contributed by atoms with E-state index in [1.165, 1.54) is 11.1 Å². The quantitative estimate of drug-likeness (QED) is 0.802. The van der Waals surface area contributed by atoms with Gasteiger partial charge in [-0.3, -0.25) is 0 Å². The van der Waals surface area contributed by atoms with Gasteiger partial charge in [-0.1, -0.05) is 6.07 Å². The monoisotopic (exact) mass is 209 g/mol. The fourth-order valence-corrected chi connectivity index (χ4v) is 1.44. The van der Waals surface area contributed by atoms with Crippen molar-refractivity contribution >= 4 is 0 Å². The van der Waals surface area contributed by atoms with E-state index in [0.29, 0.717) is 13.2 Å². The lowest BCUT2D eigenvalue weighted by molar-refractivity contribution is 0.0643. The predicted octanol–water partition coefficient (Wildman–Crippen LogP) is 1.66. The fourth-order valence-electron chi connectivity index (χ4n) is 1.44. The molecule has 0 amide bonds. The summed E-state index contributed by atoms with van der Waals surface area (Å²) < 4.78 is 10.7. The summed E-state index contributed by atoms with van der Waals surface area (Å²) in [6.07, 6.45) is -0.0363. The van der Waals surface area contributed by atoms with Crippen molar-refractivity contribution in [1.82, 2.24) is 0 Å². The van der Waals surface area contributed by atoms with Gasteiger partial charge in [0.1, 0.15) is 18.5 Å². The summed E-state index contributed by atoms with van der Waals surface area (Å²) in [5, 5.41) is 0. The van der Waals surface area contributed by atoms with Crippen LogP contribution in [-0.2, 0) is 4.74 Å². The van der Waals surface area contributed by atoms with Crippen LogP contribution < -0.4 is 10.5 Å². The molecule has 0 saturated carbocycles. The number of ether oxygens (including phenoxy) is 2. The average Bonchev–Trinajstić information content (AvgIpc) is 2.18. The summed E-state index contributed by atoms with van der Waals surface area (Å²) in [6.45, 7) is 5.07. The van der Waals surface area contributed by atoms with E-state index in [2.05, 4.69) is 19.9 Å². The second-order valence-electron chi connectivity index (χ2n) is 3.73. The highest BCUT2D eigenvalue weighted by Crippen LogP contribution is 2.16. The molecule has 0 spiro atoms. The molecule has 0 aliphatic carbocycles. The maximum Gasteiger partial charge on any atom is 0.119 e. The molecule has 0 aromatic heterocycles. The van der Waals surface area contributed by atoms with Crippen LogP contribution in [0.2, 0.25) is 0 Å². The predicted molar refractivity (Wildman–Crippen MR) is 61.3 cm³/mol. The maximum atomic E-state index is 5.61. The Labute approximate surface area is 91.2 Å². The lowest BCUT2D eigenvalue weighted by Gasteiger charge is -2.14. The van der Waals surface area contributed by atoms with Gasteiger partial charge in [0.25, 0.3) is 0 Å². The van der Waals surface area contributed by atoms with Crippen molar-refractivity contribution in [1.29, 1.82) is 0 Å². The lowest BCUT2D eigenvalue weighted by Crippen LogP contribution is -2.28. The Bertz CT molecular complexity index is 288. The van der Waals surface area contributed by atoms with Gasteiger partial charge in [0.2, 0.25) is 0 Å². The van der Waals surface area contributed by atoms with Crippen molar-refractivity contribution in [2.75, 3.05) is 20.3 Å². The number of rotatable bonds is 5. The van der Waals surface area contributed by atoms with Gasteiger partial charge in [0.15, 0.2) is 0 Å². The first kappa shape index (κ1) is 12.0. The largest absolute Gasteiger partial charge is 0.491 e. The zero-order chi connectivity index (χ0) is 11.3. The van der Waals surface area contributed by atoms with Crippen molar-refractivity contribution in [3.05, 3.63) is 29.3 Å². The molecule has 0 radical (unpaired) electrons. The molecule has 3 heteroatoms. The van der Waals surface area contributed by atoms with E-state index in [4.69, 9.17) is 15.2 Å². The summed E-state index contributed by atoms with van der Waals surface area (Å²) in [6, 6.07) is 6.13. The van der Waals surface area contributed by atoms with Crippen LogP contribution in [0.3, 0.4) is 0 Å².